The summed E-state index contributed by atoms with van der Waals surface area (Å²) in [4.78, 5) is 12.3. The van der Waals surface area contributed by atoms with E-state index in [1.54, 1.807) is 0 Å². The van der Waals surface area contributed by atoms with Crippen LogP contribution in [0.2, 0.25) is 0 Å². The summed E-state index contributed by atoms with van der Waals surface area (Å²) < 4.78 is 0. The molecule has 0 saturated heterocycles. The molecule has 2 aliphatic rings. The molecule has 2 saturated carbocycles. The van der Waals surface area contributed by atoms with Crippen LogP contribution in [-0.4, -0.2) is 22.5 Å². The third-order valence-corrected chi connectivity index (χ3v) is 4.75. The molecule has 0 radical (unpaired) electrons. The first-order valence-corrected chi connectivity index (χ1v) is 7.21. The summed E-state index contributed by atoms with van der Waals surface area (Å²) in [7, 11) is 0. The third kappa shape index (κ3) is 2.85. The smallest absolute Gasteiger partial charge is 0.224 e. The van der Waals surface area contributed by atoms with Crippen molar-refractivity contribution in [3.05, 3.63) is 0 Å². The van der Waals surface area contributed by atoms with Gasteiger partial charge < -0.3 is 16.3 Å². The molecule has 1 atom stereocenters. The van der Waals surface area contributed by atoms with Gasteiger partial charge in [-0.1, -0.05) is 44.7 Å². The predicted octanol–water partition coefficient (Wildman–Crippen LogP) is 1.99. The fourth-order valence-corrected chi connectivity index (χ4v) is 3.11. The first kappa shape index (κ1) is 14.2. The van der Waals surface area contributed by atoms with Crippen LogP contribution in [0.1, 0.15) is 58.8 Å². The fourth-order valence-electron chi connectivity index (χ4n) is 3.11. The molecule has 0 aromatic rings. The molecule has 2 fully saturated rings. The zero-order valence-corrected chi connectivity index (χ0v) is 11.9. The fraction of sp³-hybridized carbons (Fsp3) is 0.857. The standard InChI is InChI=1S/C14H25N3O2/c1-13(2)9-10(13)11(18)16-14(12(15)17-19)7-5-3-4-6-8-14/h10,19H,3-9H2,1-2H3,(H2,15,17)(H,16,18). The minimum atomic E-state index is -0.638. The van der Waals surface area contributed by atoms with Crippen LogP contribution in [0.4, 0.5) is 0 Å². The van der Waals surface area contributed by atoms with Gasteiger partial charge in [-0.25, -0.2) is 0 Å². The van der Waals surface area contributed by atoms with Crippen LogP contribution in [0.3, 0.4) is 0 Å². The first-order valence-electron chi connectivity index (χ1n) is 7.21. The van der Waals surface area contributed by atoms with Gasteiger partial charge in [-0.2, -0.15) is 0 Å². The molecule has 4 N–H and O–H groups in total. The van der Waals surface area contributed by atoms with Crippen molar-refractivity contribution in [2.45, 2.75) is 64.3 Å². The SMILES string of the molecule is CC1(C)CC1C(=O)NC1(C(N)=NO)CCCCCC1. The molecule has 1 unspecified atom stereocenters. The van der Waals surface area contributed by atoms with E-state index in [9.17, 15) is 4.79 Å². The lowest BCUT2D eigenvalue weighted by atomic mass is 9.88. The van der Waals surface area contributed by atoms with E-state index in [0.29, 0.717) is 0 Å². The van der Waals surface area contributed by atoms with Gasteiger partial charge in [0.1, 0.15) is 5.54 Å². The van der Waals surface area contributed by atoms with Crippen molar-refractivity contribution in [2.75, 3.05) is 0 Å². The van der Waals surface area contributed by atoms with E-state index in [-0.39, 0.29) is 23.1 Å². The van der Waals surface area contributed by atoms with Crippen molar-refractivity contribution < 1.29 is 10.0 Å². The molecule has 0 bridgehead atoms. The summed E-state index contributed by atoms with van der Waals surface area (Å²) in [6.07, 6.45) is 6.75. The maximum Gasteiger partial charge on any atom is 0.224 e. The van der Waals surface area contributed by atoms with Crippen molar-refractivity contribution in [3.63, 3.8) is 0 Å². The number of hydrogen-bond acceptors (Lipinski definition) is 3. The van der Waals surface area contributed by atoms with Crippen molar-refractivity contribution >= 4 is 11.7 Å². The lowest BCUT2D eigenvalue weighted by Crippen LogP contribution is -2.57. The molecular weight excluding hydrogens is 242 g/mol. The second kappa shape index (κ2) is 5.02. The average molecular weight is 267 g/mol. The lowest BCUT2D eigenvalue weighted by Gasteiger charge is -2.32. The van der Waals surface area contributed by atoms with E-state index in [1.165, 1.54) is 0 Å². The van der Waals surface area contributed by atoms with E-state index >= 15 is 0 Å². The molecule has 0 aromatic carbocycles. The maximum atomic E-state index is 12.3. The Kier molecular flexibility index (Phi) is 3.74. The summed E-state index contributed by atoms with van der Waals surface area (Å²) in [5, 5.41) is 15.3. The quantitative estimate of drug-likeness (QED) is 0.240. The van der Waals surface area contributed by atoms with Crippen molar-refractivity contribution in [1.29, 1.82) is 0 Å². The zero-order valence-electron chi connectivity index (χ0n) is 11.9. The Hall–Kier alpha value is -1.26. The topological polar surface area (TPSA) is 87.7 Å². The number of nitrogens with two attached hydrogens (primary N) is 1. The summed E-state index contributed by atoms with van der Waals surface area (Å²) >= 11 is 0. The number of amides is 1. The number of carbonyl (C=O) groups is 1. The van der Waals surface area contributed by atoms with Crippen LogP contribution in [0, 0.1) is 11.3 Å². The highest BCUT2D eigenvalue weighted by molar-refractivity contribution is 5.95. The second-order valence-electron chi connectivity index (χ2n) is 6.72. The van der Waals surface area contributed by atoms with Gasteiger partial charge in [-0.05, 0) is 24.7 Å². The molecule has 0 heterocycles. The van der Waals surface area contributed by atoms with E-state index in [1.807, 2.05) is 0 Å². The summed E-state index contributed by atoms with van der Waals surface area (Å²) in [6.45, 7) is 4.20. The van der Waals surface area contributed by atoms with Gasteiger partial charge in [0.25, 0.3) is 0 Å². The number of carbonyl (C=O) groups excluding carboxylic acids is 1. The van der Waals surface area contributed by atoms with E-state index in [0.717, 1.165) is 44.9 Å². The molecule has 0 spiro atoms. The molecule has 2 rings (SSSR count). The first-order chi connectivity index (χ1) is 8.91. The molecular formula is C14H25N3O2. The zero-order chi connectivity index (χ0) is 14.1. The maximum absolute atomic E-state index is 12.3. The monoisotopic (exact) mass is 267 g/mol. The Morgan fingerprint density at radius 2 is 1.79 bits per heavy atom. The highest BCUT2D eigenvalue weighted by Gasteiger charge is 2.52. The van der Waals surface area contributed by atoms with Crippen molar-refractivity contribution in [1.82, 2.24) is 5.32 Å². The van der Waals surface area contributed by atoms with Gasteiger partial charge in [-0.3, -0.25) is 4.79 Å². The Labute approximate surface area is 114 Å². The summed E-state index contributed by atoms with van der Waals surface area (Å²) in [5.74, 6) is 0.277. The van der Waals surface area contributed by atoms with Crippen LogP contribution in [-0.2, 0) is 4.79 Å². The third-order valence-electron chi connectivity index (χ3n) is 4.75. The van der Waals surface area contributed by atoms with Crippen LogP contribution >= 0.6 is 0 Å². The Morgan fingerprint density at radius 1 is 1.26 bits per heavy atom. The van der Waals surface area contributed by atoms with Crippen LogP contribution in [0.15, 0.2) is 5.16 Å². The molecule has 0 aromatic heterocycles. The minimum Gasteiger partial charge on any atom is -0.409 e. The summed E-state index contributed by atoms with van der Waals surface area (Å²) in [6, 6.07) is 0. The van der Waals surface area contributed by atoms with E-state index in [2.05, 4.69) is 24.3 Å². The van der Waals surface area contributed by atoms with E-state index in [4.69, 9.17) is 10.9 Å². The average Bonchev–Trinajstić information content (AvgIpc) is 3.06. The minimum absolute atomic E-state index is 0.0542. The molecule has 0 aliphatic heterocycles. The number of hydrogen-bond donors (Lipinski definition) is 3. The molecule has 2 aliphatic carbocycles. The van der Waals surface area contributed by atoms with Gasteiger partial charge in [0, 0.05) is 5.92 Å². The van der Waals surface area contributed by atoms with E-state index < -0.39 is 5.54 Å². The normalized spacial score (nSPS) is 29.4. The van der Waals surface area contributed by atoms with Gasteiger partial charge in [0.2, 0.25) is 5.91 Å². The van der Waals surface area contributed by atoms with Crippen LogP contribution in [0.5, 0.6) is 0 Å². The van der Waals surface area contributed by atoms with Gasteiger partial charge in [-0.15, -0.1) is 0 Å². The molecule has 5 heteroatoms. The lowest BCUT2D eigenvalue weighted by molar-refractivity contribution is -0.124. The van der Waals surface area contributed by atoms with Gasteiger partial charge in [0.05, 0.1) is 0 Å². The molecule has 5 nitrogen and oxygen atoms in total. The second-order valence-corrected chi connectivity index (χ2v) is 6.72. The highest BCUT2D eigenvalue weighted by atomic mass is 16.4. The Balaban J connectivity index is 2.12. The van der Waals surface area contributed by atoms with Crippen molar-refractivity contribution in [2.24, 2.45) is 22.2 Å². The molecule has 108 valence electrons. The number of oxime groups is 1. The molecule has 19 heavy (non-hydrogen) atoms. The van der Waals surface area contributed by atoms with Crippen LogP contribution in [0.25, 0.3) is 0 Å². The largest absolute Gasteiger partial charge is 0.409 e. The highest BCUT2D eigenvalue weighted by Crippen LogP contribution is 2.52. The van der Waals surface area contributed by atoms with Gasteiger partial charge >= 0.3 is 0 Å². The molecule has 1 amide bonds. The predicted molar refractivity (Wildman–Crippen MR) is 73.9 cm³/mol. The number of rotatable bonds is 3. The number of nitrogens with one attached hydrogen (secondary N) is 1. The number of nitrogens with zero attached hydrogens (tertiary/aromatic N) is 1. The van der Waals surface area contributed by atoms with Crippen molar-refractivity contribution in [3.8, 4) is 0 Å². The Morgan fingerprint density at radius 3 is 2.21 bits per heavy atom. The Bertz CT molecular complexity index is 382. The summed E-state index contributed by atoms with van der Waals surface area (Å²) in [5.41, 5.74) is 5.33. The van der Waals surface area contributed by atoms with Crippen LogP contribution < -0.4 is 11.1 Å². The number of amidine groups is 1. The van der Waals surface area contributed by atoms with Gasteiger partial charge in [0.15, 0.2) is 5.84 Å².